The summed E-state index contributed by atoms with van der Waals surface area (Å²) < 4.78 is 1.80. The van der Waals surface area contributed by atoms with Gasteiger partial charge in [-0.1, -0.05) is 19.3 Å². The molecule has 1 fully saturated rings. The summed E-state index contributed by atoms with van der Waals surface area (Å²) in [4.78, 5) is 11.3. The van der Waals surface area contributed by atoms with Gasteiger partial charge in [0.15, 0.2) is 0 Å². The molecular weight excluding hydrogens is 228 g/mol. The molecule has 0 amide bonds. The summed E-state index contributed by atoms with van der Waals surface area (Å²) in [5.41, 5.74) is 1.21. The molecule has 1 aliphatic rings. The third-order valence-electron chi connectivity index (χ3n) is 4.04. The topological polar surface area (TPSA) is 55.1 Å². The van der Waals surface area contributed by atoms with E-state index in [-0.39, 0.29) is 5.92 Å². The van der Waals surface area contributed by atoms with Gasteiger partial charge in [-0.3, -0.25) is 9.48 Å². The molecule has 1 aromatic heterocycles. The molecular formula is C14H22N2O2. The van der Waals surface area contributed by atoms with Crippen molar-refractivity contribution in [2.24, 2.45) is 18.9 Å². The minimum atomic E-state index is -0.604. The standard InChI is InChI=1S/C14H22N2O2/c1-16-10-11(9-15-16)7-8-12-5-3-2-4-6-13(12)14(17)18/h9-10,12-13H,2-8H2,1H3,(H,17,18). The molecule has 100 valence electrons. The average Bonchev–Trinajstić information content (AvgIpc) is 2.62. The smallest absolute Gasteiger partial charge is 0.306 e. The second-order valence-corrected chi connectivity index (χ2v) is 5.40. The monoisotopic (exact) mass is 250 g/mol. The van der Waals surface area contributed by atoms with E-state index in [0.29, 0.717) is 5.92 Å². The highest BCUT2D eigenvalue weighted by molar-refractivity contribution is 5.70. The molecule has 2 atom stereocenters. The normalized spacial score (nSPS) is 24.7. The Labute approximate surface area is 108 Å². The third kappa shape index (κ3) is 3.34. The van der Waals surface area contributed by atoms with Gasteiger partial charge in [0.2, 0.25) is 0 Å². The quantitative estimate of drug-likeness (QED) is 0.836. The van der Waals surface area contributed by atoms with Crippen molar-refractivity contribution >= 4 is 5.97 Å². The summed E-state index contributed by atoms with van der Waals surface area (Å²) in [5, 5.41) is 13.5. The van der Waals surface area contributed by atoms with E-state index in [2.05, 4.69) is 5.10 Å². The Hall–Kier alpha value is -1.32. The van der Waals surface area contributed by atoms with Gasteiger partial charge in [0.25, 0.3) is 0 Å². The van der Waals surface area contributed by atoms with Gasteiger partial charge < -0.3 is 5.11 Å². The van der Waals surface area contributed by atoms with E-state index in [4.69, 9.17) is 0 Å². The van der Waals surface area contributed by atoms with E-state index in [0.717, 1.165) is 32.1 Å². The van der Waals surface area contributed by atoms with Crippen LogP contribution in [0.25, 0.3) is 0 Å². The summed E-state index contributed by atoms with van der Waals surface area (Å²) >= 11 is 0. The van der Waals surface area contributed by atoms with Crippen LogP contribution in [-0.2, 0) is 18.3 Å². The minimum Gasteiger partial charge on any atom is -0.481 e. The second-order valence-electron chi connectivity index (χ2n) is 5.40. The van der Waals surface area contributed by atoms with Gasteiger partial charge in [-0.2, -0.15) is 5.10 Å². The van der Waals surface area contributed by atoms with E-state index in [9.17, 15) is 9.90 Å². The van der Waals surface area contributed by atoms with Crippen LogP contribution in [0.15, 0.2) is 12.4 Å². The molecule has 0 spiro atoms. The molecule has 0 aliphatic heterocycles. The molecule has 1 aliphatic carbocycles. The van der Waals surface area contributed by atoms with Gasteiger partial charge in [-0.15, -0.1) is 0 Å². The van der Waals surface area contributed by atoms with E-state index >= 15 is 0 Å². The molecule has 1 saturated carbocycles. The SMILES string of the molecule is Cn1cc(CCC2CCCCCC2C(=O)O)cn1. The van der Waals surface area contributed by atoms with Crippen molar-refractivity contribution in [1.29, 1.82) is 0 Å². The van der Waals surface area contributed by atoms with Crippen molar-refractivity contribution in [3.05, 3.63) is 18.0 Å². The first-order valence-corrected chi connectivity index (χ1v) is 6.87. The van der Waals surface area contributed by atoms with Gasteiger partial charge in [-0.25, -0.2) is 0 Å². The molecule has 0 radical (unpaired) electrons. The van der Waals surface area contributed by atoms with Crippen molar-refractivity contribution in [2.45, 2.75) is 44.9 Å². The summed E-state index contributed by atoms with van der Waals surface area (Å²) in [6, 6.07) is 0. The van der Waals surface area contributed by atoms with E-state index in [1.165, 1.54) is 18.4 Å². The third-order valence-corrected chi connectivity index (χ3v) is 4.04. The van der Waals surface area contributed by atoms with Crippen LogP contribution in [0.2, 0.25) is 0 Å². The number of carboxylic acid groups (broad SMARTS) is 1. The van der Waals surface area contributed by atoms with Crippen LogP contribution in [0.5, 0.6) is 0 Å². The summed E-state index contributed by atoms with van der Waals surface area (Å²) in [5.74, 6) is -0.400. The second kappa shape index (κ2) is 6.03. The maximum absolute atomic E-state index is 11.3. The van der Waals surface area contributed by atoms with Crippen molar-refractivity contribution in [1.82, 2.24) is 9.78 Å². The fourth-order valence-corrected chi connectivity index (χ4v) is 3.01. The lowest BCUT2D eigenvalue weighted by Gasteiger charge is -2.21. The largest absolute Gasteiger partial charge is 0.481 e. The van der Waals surface area contributed by atoms with Crippen LogP contribution in [-0.4, -0.2) is 20.9 Å². The first-order valence-electron chi connectivity index (χ1n) is 6.87. The highest BCUT2D eigenvalue weighted by Crippen LogP contribution is 2.32. The Balaban J connectivity index is 1.94. The minimum absolute atomic E-state index is 0.135. The van der Waals surface area contributed by atoms with Crippen LogP contribution in [0.3, 0.4) is 0 Å². The van der Waals surface area contributed by atoms with Gasteiger partial charge in [0.1, 0.15) is 0 Å². The molecule has 4 heteroatoms. The number of rotatable bonds is 4. The Morgan fingerprint density at radius 2 is 2.22 bits per heavy atom. The predicted octanol–water partition coefficient (Wildman–Crippen LogP) is 2.63. The number of nitrogens with zero attached hydrogens (tertiary/aromatic N) is 2. The molecule has 2 unspecified atom stereocenters. The molecule has 0 saturated heterocycles. The van der Waals surface area contributed by atoms with Gasteiger partial charge in [0, 0.05) is 13.2 Å². The number of hydrogen-bond acceptors (Lipinski definition) is 2. The fourth-order valence-electron chi connectivity index (χ4n) is 3.01. The maximum atomic E-state index is 11.3. The number of carbonyl (C=O) groups is 1. The highest BCUT2D eigenvalue weighted by Gasteiger charge is 2.28. The van der Waals surface area contributed by atoms with Gasteiger partial charge in [-0.05, 0) is 37.2 Å². The average molecular weight is 250 g/mol. The molecule has 0 aromatic carbocycles. The van der Waals surface area contributed by atoms with E-state index < -0.39 is 5.97 Å². The number of aromatic nitrogens is 2. The van der Waals surface area contributed by atoms with Crippen LogP contribution >= 0.6 is 0 Å². The van der Waals surface area contributed by atoms with Crippen molar-refractivity contribution in [3.8, 4) is 0 Å². The van der Waals surface area contributed by atoms with Gasteiger partial charge in [0.05, 0.1) is 12.1 Å². The summed E-state index contributed by atoms with van der Waals surface area (Å²) in [7, 11) is 1.91. The molecule has 4 nitrogen and oxygen atoms in total. The zero-order chi connectivity index (χ0) is 13.0. The molecule has 2 rings (SSSR count). The zero-order valence-corrected chi connectivity index (χ0v) is 11.0. The number of carboxylic acids is 1. The van der Waals surface area contributed by atoms with E-state index in [1.807, 2.05) is 19.4 Å². The molecule has 0 bridgehead atoms. The number of aliphatic carboxylic acids is 1. The summed E-state index contributed by atoms with van der Waals surface area (Å²) in [6.07, 6.45) is 11.2. The number of aryl methyl sites for hydroxylation is 2. The Morgan fingerprint density at radius 1 is 1.44 bits per heavy atom. The van der Waals surface area contributed by atoms with Gasteiger partial charge >= 0.3 is 5.97 Å². The predicted molar refractivity (Wildman–Crippen MR) is 69.2 cm³/mol. The molecule has 1 aromatic rings. The lowest BCUT2D eigenvalue weighted by molar-refractivity contribution is -0.144. The number of hydrogen-bond donors (Lipinski definition) is 1. The highest BCUT2D eigenvalue weighted by atomic mass is 16.4. The van der Waals surface area contributed by atoms with Crippen LogP contribution < -0.4 is 0 Å². The molecule has 1 heterocycles. The van der Waals surface area contributed by atoms with Crippen molar-refractivity contribution in [3.63, 3.8) is 0 Å². The Bertz CT molecular complexity index is 400. The lowest BCUT2D eigenvalue weighted by atomic mass is 9.84. The van der Waals surface area contributed by atoms with Crippen molar-refractivity contribution in [2.75, 3.05) is 0 Å². The molecule has 18 heavy (non-hydrogen) atoms. The zero-order valence-electron chi connectivity index (χ0n) is 11.0. The molecule has 1 N–H and O–H groups in total. The Kier molecular flexibility index (Phi) is 4.39. The van der Waals surface area contributed by atoms with Crippen LogP contribution in [0.1, 0.15) is 44.1 Å². The van der Waals surface area contributed by atoms with Crippen LogP contribution in [0, 0.1) is 11.8 Å². The maximum Gasteiger partial charge on any atom is 0.306 e. The Morgan fingerprint density at radius 3 is 2.89 bits per heavy atom. The van der Waals surface area contributed by atoms with Crippen molar-refractivity contribution < 1.29 is 9.90 Å². The first kappa shape index (κ1) is 13.1. The van der Waals surface area contributed by atoms with Crippen LogP contribution in [0.4, 0.5) is 0 Å². The fraction of sp³-hybridized carbons (Fsp3) is 0.714. The summed E-state index contributed by atoms with van der Waals surface area (Å²) in [6.45, 7) is 0. The van der Waals surface area contributed by atoms with E-state index in [1.54, 1.807) is 4.68 Å². The first-order chi connectivity index (χ1) is 8.66. The lowest BCUT2D eigenvalue weighted by Crippen LogP contribution is -2.23.